The largest absolute Gasteiger partial charge is 0.440 e. The second-order valence-corrected chi connectivity index (χ2v) is 5.17. The van der Waals surface area contributed by atoms with Crippen LogP contribution in [0.25, 0.3) is 0 Å². The third-order valence-corrected chi connectivity index (χ3v) is 3.97. The van der Waals surface area contributed by atoms with Crippen molar-refractivity contribution >= 4 is 24.5 Å². The Labute approximate surface area is 74.1 Å². The van der Waals surface area contributed by atoms with Gasteiger partial charge in [0.25, 0.3) is 0 Å². The summed E-state index contributed by atoms with van der Waals surface area (Å²) in [7, 11) is 0. The zero-order valence-corrected chi connectivity index (χ0v) is 9.09. The number of carbonyl (C=O) groups is 2. The fraction of sp³-hybridized carbons (Fsp3) is 0.750. The summed E-state index contributed by atoms with van der Waals surface area (Å²) < 4.78 is 0.368. The van der Waals surface area contributed by atoms with Gasteiger partial charge in [0.1, 0.15) is 0 Å². The Kier molecular flexibility index (Phi) is 4.64. The Balaban J connectivity index is 3.86. The molecule has 0 saturated heterocycles. The Morgan fingerprint density at radius 3 is 1.36 bits per heavy atom. The van der Waals surface area contributed by atoms with Gasteiger partial charge in [0, 0.05) is 0 Å². The van der Waals surface area contributed by atoms with Crippen molar-refractivity contribution in [2.75, 3.05) is 0 Å². The summed E-state index contributed by atoms with van der Waals surface area (Å²) in [5, 5.41) is 0. The molecule has 0 aliphatic carbocycles. The first kappa shape index (κ1) is 10.9. The minimum absolute atomic E-state index is 0.0457. The van der Waals surface area contributed by atoms with Crippen molar-refractivity contribution in [2.24, 2.45) is 11.8 Å². The minimum Gasteiger partial charge on any atom is -0.320 e. The first-order valence-electron chi connectivity index (χ1n) is 4.00. The highest BCUT2D eigenvalue weighted by molar-refractivity contribution is 6.97. The van der Waals surface area contributed by atoms with E-state index in [1.165, 1.54) is 0 Å². The molecule has 0 bridgehead atoms. The third-order valence-electron chi connectivity index (χ3n) is 1.64. The molecule has 0 unspecified atom stereocenters. The van der Waals surface area contributed by atoms with Crippen LogP contribution in [0.5, 0.6) is 0 Å². The second kappa shape index (κ2) is 4.69. The van der Waals surface area contributed by atoms with Gasteiger partial charge in [-0.1, -0.05) is 27.7 Å². The summed E-state index contributed by atoms with van der Waals surface area (Å²) in [6.45, 7) is 7.40. The highest BCUT2D eigenvalue weighted by atomic mass is 27.1. The van der Waals surface area contributed by atoms with E-state index in [0.717, 1.165) is 0 Å². The lowest BCUT2D eigenvalue weighted by molar-refractivity contribution is -0.117. The number of carbonyl (C=O) groups excluding carboxylic acids is 2. The van der Waals surface area contributed by atoms with Crippen LogP contribution in [0.4, 0.5) is 0 Å². The van der Waals surface area contributed by atoms with E-state index in [1.54, 1.807) is 0 Å². The predicted molar refractivity (Wildman–Crippen MR) is 46.8 cm³/mol. The van der Waals surface area contributed by atoms with Gasteiger partial charge in [0.15, 0.2) is 0 Å². The molecule has 0 amide bonds. The molecule has 0 fully saturated rings. The van der Waals surface area contributed by atoms with E-state index in [0.29, 0.717) is 0 Å². The van der Waals surface area contributed by atoms with Crippen LogP contribution < -0.4 is 0 Å². The van der Waals surface area contributed by atoms with Gasteiger partial charge >= 0.3 is 15.2 Å². The molecule has 0 aromatic rings. The van der Waals surface area contributed by atoms with Gasteiger partial charge in [-0.05, 0) is 11.8 Å². The summed E-state index contributed by atoms with van der Waals surface area (Å²) >= 11 is -1.11. The van der Waals surface area contributed by atoms with E-state index >= 15 is 0 Å². The number of hydrogen-bond donors (Lipinski definition) is 0. The highest BCUT2D eigenvalue weighted by Crippen LogP contribution is 1.97. The maximum atomic E-state index is 11.1. The lowest BCUT2D eigenvalue weighted by Gasteiger charge is -2.03. The molecule has 0 aromatic carbocycles. The maximum absolute atomic E-state index is 11.1. The third kappa shape index (κ3) is 4.34. The molecule has 62 valence electrons. The van der Waals surface area contributed by atoms with Crippen molar-refractivity contribution in [3.63, 3.8) is 0 Å². The van der Waals surface area contributed by atoms with E-state index in [2.05, 4.69) is 0 Å². The summed E-state index contributed by atoms with van der Waals surface area (Å²) in [4.78, 5) is 22.2. The first-order valence-corrected chi connectivity index (χ1v) is 5.42. The topological polar surface area (TPSA) is 34.1 Å². The molecule has 11 heavy (non-hydrogen) atoms. The van der Waals surface area contributed by atoms with Gasteiger partial charge in [-0.15, -0.1) is 0 Å². The van der Waals surface area contributed by atoms with Crippen molar-refractivity contribution in [3.8, 4) is 0 Å². The molecule has 0 atom stereocenters. The van der Waals surface area contributed by atoms with E-state index in [-0.39, 0.29) is 21.1 Å². The van der Waals surface area contributed by atoms with Gasteiger partial charge in [0.05, 0.1) is 9.29 Å². The molecular weight excluding hydrogens is 155 g/mol. The van der Waals surface area contributed by atoms with Crippen LogP contribution in [0.3, 0.4) is 0 Å². The minimum atomic E-state index is -1.11. The van der Waals surface area contributed by atoms with Crippen molar-refractivity contribution in [1.82, 2.24) is 0 Å². The fourth-order valence-electron chi connectivity index (χ4n) is 0.580. The summed E-state index contributed by atoms with van der Waals surface area (Å²) in [5.41, 5.74) is 0. The average molecular weight is 170 g/mol. The standard InChI is InChI=1S/2C4H7O.Al.H/c2*1-4(2)3-5;;/h2*4H,1-2H3;;. The zero-order valence-electron chi connectivity index (χ0n) is 7.68. The molecule has 0 aromatic heterocycles. The highest BCUT2D eigenvalue weighted by Gasteiger charge is 2.19. The lowest BCUT2D eigenvalue weighted by atomic mass is 10.2. The van der Waals surface area contributed by atoms with Crippen LogP contribution in [0.2, 0.25) is 0 Å². The summed E-state index contributed by atoms with van der Waals surface area (Å²) in [6.07, 6.45) is 0. The maximum Gasteiger partial charge on any atom is 0.440 e. The molecule has 0 aliphatic rings. The van der Waals surface area contributed by atoms with Crippen LogP contribution in [0.1, 0.15) is 27.7 Å². The molecule has 0 radical (unpaired) electrons. The molecular formula is C8H15AlO2. The Hall–Kier alpha value is -0.128. The summed E-state index contributed by atoms with van der Waals surface area (Å²) in [6, 6.07) is 0. The van der Waals surface area contributed by atoms with Crippen LogP contribution in [-0.2, 0) is 9.59 Å². The monoisotopic (exact) mass is 170 g/mol. The number of hydrogen-bond acceptors (Lipinski definition) is 2. The quantitative estimate of drug-likeness (QED) is 0.584. The Morgan fingerprint density at radius 2 is 1.18 bits per heavy atom. The number of rotatable bonds is 4. The molecule has 3 heteroatoms. The van der Waals surface area contributed by atoms with E-state index in [1.807, 2.05) is 27.7 Å². The van der Waals surface area contributed by atoms with Crippen LogP contribution >= 0.6 is 0 Å². The smallest absolute Gasteiger partial charge is 0.320 e. The van der Waals surface area contributed by atoms with E-state index in [4.69, 9.17) is 0 Å². The van der Waals surface area contributed by atoms with Crippen molar-refractivity contribution in [2.45, 2.75) is 27.7 Å². The van der Waals surface area contributed by atoms with Crippen molar-refractivity contribution in [3.05, 3.63) is 0 Å². The second-order valence-electron chi connectivity index (χ2n) is 3.42. The molecule has 0 spiro atoms. The van der Waals surface area contributed by atoms with E-state index in [9.17, 15) is 9.59 Å². The van der Waals surface area contributed by atoms with Crippen molar-refractivity contribution in [1.29, 1.82) is 0 Å². The van der Waals surface area contributed by atoms with Gasteiger partial charge < -0.3 is 9.59 Å². The van der Waals surface area contributed by atoms with Crippen LogP contribution in [0, 0.1) is 11.8 Å². The lowest BCUT2D eigenvalue weighted by Crippen LogP contribution is -2.27. The SMILES string of the molecule is CC(C)[C](=O)[AlH][C](=O)C(C)C. The fourth-order valence-corrected chi connectivity index (χ4v) is 1.74. The normalized spacial score (nSPS) is 10.4. The van der Waals surface area contributed by atoms with E-state index < -0.39 is 15.2 Å². The summed E-state index contributed by atoms with van der Waals surface area (Å²) in [5.74, 6) is 0.0914. The molecule has 0 saturated carbocycles. The molecule has 0 rings (SSSR count). The Morgan fingerprint density at radius 1 is 0.909 bits per heavy atom. The molecule has 2 nitrogen and oxygen atoms in total. The van der Waals surface area contributed by atoms with Crippen LogP contribution in [0.15, 0.2) is 0 Å². The van der Waals surface area contributed by atoms with Gasteiger partial charge in [0.2, 0.25) is 0 Å². The molecule has 0 aliphatic heterocycles. The predicted octanol–water partition coefficient (Wildman–Crippen LogP) is 0.788. The van der Waals surface area contributed by atoms with Gasteiger partial charge in [-0.2, -0.15) is 0 Å². The average Bonchev–Trinajstić information content (AvgIpc) is 1.87. The zero-order chi connectivity index (χ0) is 9.02. The Bertz CT molecular complexity index is 143. The van der Waals surface area contributed by atoms with Gasteiger partial charge in [-0.25, -0.2) is 0 Å². The van der Waals surface area contributed by atoms with Gasteiger partial charge in [-0.3, -0.25) is 0 Å². The van der Waals surface area contributed by atoms with Crippen LogP contribution in [-0.4, -0.2) is 24.5 Å². The molecule has 0 N–H and O–H groups in total. The van der Waals surface area contributed by atoms with Crippen molar-refractivity contribution < 1.29 is 9.59 Å². The molecule has 0 heterocycles. The first-order chi connectivity index (χ1) is 4.95.